The van der Waals surface area contributed by atoms with Crippen molar-refractivity contribution >= 4 is 22.1 Å². The molecule has 0 radical (unpaired) electrons. The van der Waals surface area contributed by atoms with Crippen molar-refractivity contribution in [3.63, 3.8) is 0 Å². The van der Waals surface area contributed by atoms with Crippen LogP contribution in [0.4, 0.5) is 0 Å². The zero-order valence-electron chi connectivity index (χ0n) is 20.5. The van der Waals surface area contributed by atoms with Crippen molar-refractivity contribution in [1.82, 2.24) is 14.9 Å². The molecule has 1 fully saturated rings. The second kappa shape index (κ2) is 9.85. The zero-order chi connectivity index (χ0) is 25.4. The summed E-state index contributed by atoms with van der Waals surface area (Å²) in [5, 5.41) is 0.361. The lowest BCUT2D eigenvalue weighted by Crippen LogP contribution is -2.51. The van der Waals surface area contributed by atoms with Gasteiger partial charge < -0.3 is 23.7 Å². The number of likely N-dealkylation sites (tertiary alicyclic amines) is 1. The molecule has 0 spiro atoms. The minimum atomic E-state index is -1.07. The lowest BCUT2D eigenvalue weighted by atomic mass is 10.0. The van der Waals surface area contributed by atoms with E-state index in [1.54, 1.807) is 25.5 Å². The zero-order valence-corrected chi connectivity index (χ0v) is 21.3. The second-order valence-corrected chi connectivity index (χ2v) is 10.2. The molecule has 2 heterocycles. The molecule has 3 aromatic carbocycles. The van der Waals surface area contributed by atoms with Crippen LogP contribution in [0.1, 0.15) is 0 Å². The molecule has 8 nitrogen and oxygen atoms in total. The molecule has 1 atom stereocenters. The number of likely N-dealkylation sites (N-methyl/N-ethyl adjacent to an activating group) is 1. The van der Waals surface area contributed by atoms with Crippen LogP contribution in [0.15, 0.2) is 64.3 Å². The van der Waals surface area contributed by atoms with E-state index in [0.717, 1.165) is 40.4 Å². The maximum absolute atomic E-state index is 13.0. The summed E-state index contributed by atoms with van der Waals surface area (Å²) in [4.78, 5) is 23.6. The van der Waals surface area contributed by atoms with Gasteiger partial charge in [-0.05, 0) is 66.3 Å². The molecule has 0 saturated carbocycles. The van der Waals surface area contributed by atoms with Gasteiger partial charge in [0, 0.05) is 36.3 Å². The van der Waals surface area contributed by atoms with E-state index in [4.69, 9.17) is 19.2 Å². The van der Waals surface area contributed by atoms with Crippen molar-refractivity contribution in [1.29, 1.82) is 0 Å². The number of H-pyrrole nitrogens is 1. The topological polar surface area (TPSA) is 99.7 Å². The Morgan fingerprint density at radius 3 is 2.36 bits per heavy atom. The number of rotatable bonds is 7. The van der Waals surface area contributed by atoms with E-state index in [9.17, 15) is 9.35 Å². The lowest BCUT2D eigenvalue weighted by Gasteiger charge is -2.36. The highest BCUT2D eigenvalue weighted by atomic mass is 32.2. The van der Waals surface area contributed by atoms with E-state index in [0.29, 0.717) is 28.2 Å². The molecule has 9 heteroatoms. The van der Waals surface area contributed by atoms with Gasteiger partial charge in [0.25, 0.3) is 5.56 Å². The SMILES string of the molecule is COc1cc(OC)c2c(=O)[nH]c(-c3ccc(OC4CN(C)C4)c(-c4ccc([S+](C)[O-])cc4)c3)nc2c1. The van der Waals surface area contributed by atoms with Gasteiger partial charge in [-0.15, -0.1) is 0 Å². The molecule has 36 heavy (non-hydrogen) atoms. The predicted molar refractivity (Wildman–Crippen MR) is 141 cm³/mol. The van der Waals surface area contributed by atoms with E-state index >= 15 is 0 Å². The summed E-state index contributed by atoms with van der Waals surface area (Å²) < 4.78 is 28.9. The monoisotopic (exact) mass is 505 g/mol. The van der Waals surface area contributed by atoms with Crippen LogP contribution in [-0.4, -0.2) is 66.1 Å². The highest BCUT2D eigenvalue weighted by Gasteiger charge is 2.26. The molecule has 0 aliphatic carbocycles. The number of nitrogens with zero attached hydrogens (tertiary/aromatic N) is 2. The molecule has 0 amide bonds. The largest absolute Gasteiger partial charge is 0.612 e. The average Bonchev–Trinajstić information content (AvgIpc) is 2.87. The number of hydrogen-bond acceptors (Lipinski definition) is 7. The summed E-state index contributed by atoms with van der Waals surface area (Å²) in [5.41, 5.74) is 2.68. The molecule has 1 aliphatic rings. The number of hydrogen-bond donors (Lipinski definition) is 1. The molecule has 0 bridgehead atoms. The van der Waals surface area contributed by atoms with Gasteiger partial charge in [0.2, 0.25) is 0 Å². The van der Waals surface area contributed by atoms with E-state index in [1.807, 2.05) is 42.5 Å². The minimum absolute atomic E-state index is 0.112. The molecular formula is C27H27N3O5S. The van der Waals surface area contributed by atoms with Crippen molar-refractivity contribution in [2.24, 2.45) is 0 Å². The van der Waals surface area contributed by atoms with Gasteiger partial charge in [0.05, 0.1) is 19.7 Å². The number of methoxy groups -OCH3 is 2. The molecule has 186 valence electrons. The van der Waals surface area contributed by atoms with Crippen molar-refractivity contribution in [3.05, 3.63) is 65.0 Å². The first kappa shape index (κ1) is 24.2. The van der Waals surface area contributed by atoms with Crippen molar-refractivity contribution in [2.75, 3.05) is 40.6 Å². The van der Waals surface area contributed by atoms with Gasteiger partial charge in [-0.2, -0.15) is 0 Å². The summed E-state index contributed by atoms with van der Waals surface area (Å²) >= 11 is -1.07. The summed E-state index contributed by atoms with van der Waals surface area (Å²) in [6.45, 7) is 1.72. The standard InChI is InChI=1S/C27H27N3O5S/c1-30-14-19(15-30)35-23-10-7-17(11-21(23)16-5-8-20(9-6-16)36(4)32)26-28-22-12-18(33-2)13-24(34-3)25(22)27(31)29-26/h5-13,19H,14-15H2,1-4H3,(H,28,29,31). The van der Waals surface area contributed by atoms with Crippen LogP contribution >= 0.6 is 0 Å². The quantitative estimate of drug-likeness (QED) is 0.382. The minimum Gasteiger partial charge on any atom is -0.612 e. The van der Waals surface area contributed by atoms with Crippen molar-refractivity contribution < 1.29 is 18.8 Å². The van der Waals surface area contributed by atoms with Crippen LogP contribution in [0.2, 0.25) is 0 Å². The van der Waals surface area contributed by atoms with E-state index in [2.05, 4.69) is 16.9 Å². The highest BCUT2D eigenvalue weighted by Crippen LogP contribution is 2.36. The van der Waals surface area contributed by atoms with Crippen LogP contribution in [0.3, 0.4) is 0 Å². The van der Waals surface area contributed by atoms with Gasteiger partial charge in [-0.1, -0.05) is 0 Å². The molecule has 1 unspecified atom stereocenters. The third-order valence-corrected chi connectivity index (χ3v) is 7.21. The Kier molecular flexibility index (Phi) is 6.61. The van der Waals surface area contributed by atoms with Crippen LogP contribution in [0, 0.1) is 0 Å². The third-order valence-electron chi connectivity index (χ3n) is 6.28. The lowest BCUT2D eigenvalue weighted by molar-refractivity contribution is 0.0392. The van der Waals surface area contributed by atoms with E-state index in [-0.39, 0.29) is 11.7 Å². The molecule has 5 rings (SSSR count). The first-order valence-electron chi connectivity index (χ1n) is 11.5. The summed E-state index contributed by atoms with van der Waals surface area (Å²) in [5.74, 6) is 2.11. The van der Waals surface area contributed by atoms with Gasteiger partial charge in [-0.25, -0.2) is 4.98 Å². The number of nitrogens with one attached hydrogen (secondary N) is 1. The summed E-state index contributed by atoms with van der Waals surface area (Å²) in [6, 6.07) is 16.7. The number of aromatic nitrogens is 2. The molecule has 4 aromatic rings. The van der Waals surface area contributed by atoms with Crippen molar-refractivity contribution in [3.8, 4) is 39.8 Å². The molecule has 1 aliphatic heterocycles. The Balaban J connectivity index is 1.61. The van der Waals surface area contributed by atoms with Gasteiger partial charge in [0.1, 0.15) is 40.8 Å². The molecule has 1 aromatic heterocycles. The maximum atomic E-state index is 13.0. The number of aromatic amines is 1. The molecule has 1 saturated heterocycles. The first-order valence-corrected chi connectivity index (χ1v) is 13.0. The first-order chi connectivity index (χ1) is 17.4. The van der Waals surface area contributed by atoms with Crippen LogP contribution in [-0.2, 0) is 11.2 Å². The number of benzene rings is 3. The Morgan fingerprint density at radius 2 is 1.72 bits per heavy atom. The number of ether oxygens (including phenoxy) is 3. The Morgan fingerprint density at radius 1 is 1.00 bits per heavy atom. The van der Waals surface area contributed by atoms with Crippen molar-refractivity contribution in [2.45, 2.75) is 11.0 Å². The Labute approximate surface area is 212 Å². The normalized spacial score (nSPS) is 14.9. The Hall–Kier alpha value is -3.53. The van der Waals surface area contributed by atoms with Crippen LogP contribution < -0.4 is 19.8 Å². The van der Waals surface area contributed by atoms with Crippen LogP contribution in [0.25, 0.3) is 33.4 Å². The predicted octanol–water partition coefficient (Wildman–Crippen LogP) is 3.70. The average molecular weight is 506 g/mol. The van der Waals surface area contributed by atoms with Crippen LogP contribution in [0.5, 0.6) is 17.2 Å². The summed E-state index contributed by atoms with van der Waals surface area (Å²) in [7, 11) is 5.12. The van der Waals surface area contributed by atoms with Gasteiger partial charge in [0.15, 0.2) is 4.90 Å². The summed E-state index contributed by atoms with van der Waals surface area (Å²) in [6.07, 6.45) is 1.77. The Bertz CT molecular complexity index is 1460. The molecular weight excluding hydrogens is 478 g/mol. The molecule has 1 N–H and O–H groups in total. The fourth-order valence-corrected chi connectivity index (χ4v) is 4.87. The number of fused-ring (bicyclic) bond motifs is 1. The maximum Gasteiger partial charge on any atom is 0.262 e. The van der Waals surface area contributed by atoms with E-state index in [1.165, 1.54) is 7.11 Å². The highest BCUT2D eigenvalue weighted by molar-refractivity contribution is 7.90. The van der Waals surface area contributed by atoms with Gasteiger partial charge in [-0.3, -0.25) is 9.69 Å². The van der Waals surface area contributed by atoms with E-state index < -0.39 is 11.2 Å². The fraction of sp³-hybridized carbons (Fsp3) is 0.259. The fourth-order valence-electron chi connectivity index (χ4n) is 4.35. The van der Waals surface area contributed by atoms with Gasteiger partial charge >= 0.3 is 0 Å². The smallest absolute Gasteiger partial charge is 0.262 e. The third kappa shape index (κ3) is 4.65. The second-order valence-electron chi connectivity index (χ2n) is 8.79.